The van der Waals surface area contributed by atoms with Gasteiger partial charge in [-0.1, -0.05) is 11.6 Å². The SMILES string of the molecule is Cc1cc(C)c2[nH]c(=O)c([C@@H](c3nnnn3C(C)(C)C)N3CCN(c4ccc(F)cc4)CC3)cc2c1. The van der Waals surface area contributed by atoms with E-state index in [1.807, 2.05) is 38.4 Å². The maximum absolute atomic E-state index is 13.5. The molecule has 1 aliphatic rings. The minimum atomic E-state index is -0.413. The van der Waals surface area contributed by atoms with Gasteiger partial charge in [-0.3, -0.25) is 9.69 Å². The van der Waals surface area contributed by atoms with Crippen LogP contribution in [0.15, 0.2) is 47.3 Å². The molecular weight excluding hydrogens is 457 g/mol. The fourth-order valence-electron chi connectivity index (χ4n) is 5.14. The van der Waals surface area contributed by atoms with Gasteiger partial charge in [0, 0.05) is 37.4 Å². The molecule has 0 spiro atoms. The molecule has 8 nitrogen and oxygen atoms in total. The first-order chi connectivity index (χ1) is 17.1. The Morgan fingerprint density at radius 1 is 1.00 bits per heavy atom. The van der Waals surface area contributed by atoms with Crippen LogP contribution in [0.4, 0.5) is 10.1 Å². The monoisotopic (exact) mass is 489 g/mol. The molecule has 188 valence electrons. The van der Waals surface area contributed by atoms with Crippen LogP contribution in [0.5, 0.6) is 0 Å². The van der Waals surface area contributed by atoms with Gasteiger partial charge in [-0.05, 0) is 92.4 Å². The average Bonchev–Trinajstić information content (AvgIpc) is 3.31. The lowest BCUT2D eigenvalue weighted by atomic mass is 9.99. The largest absolute Gasteiger partial charge is 0.369 e. The number of aryl methyl sites for hydroxylation is 2. The standard InChI is InChI=1S/C27H32FN7O/c1-17-14-18(2)23-19(15-17)16-22(26(36)29-23)24(25-30-31-32-35(25)27(3,4)5)34-12-10-33(11-13-34)21-8-6-20(28)7-9-21/h6-9,14-16,24H,10-13H2,1-5H3,(H,29,36)/t24-/m0/s1. The van der Waals surface area contributed by atoms with Crippen LogP contribution < -0.4 is 10.5 Å². The van der Waals surface area contributed by atoms with Crippen molar-refractivity contribution in [2.75, 3.05) is 31.1 Å². The third-order valence-electron chi connectivity index (χ3n) is 6.86. The highest BCUT2D eigenvalue weighted by Crippen LogP contribution is 2.31. The molecule has 2 aromatic carbocycles. The molecular formula is C27H32FN7O. The van der Waals surface area contributed by atoms with Crippen molar-refractivity contribution in [1.82, 2.24) is 30.1 Å². The van der Waals surface area contributed by atoms with Crippen molar-refractivity contribution in [2.24, 2.45) is 0 Å². The number of piperazine rings is 1. The van der Waals surface area contributed by atoms with Gasteiger partial charge in [0.05, 0.1) is 11.1 Å². The van der Waals surface area contributed by atoms with Gasteiger partial charge in [0.2, 0.25) is 0 Å². The Kier molecular flexibility index (Phi) is 6.12. The van der Waals surface area contributed by atoms with Crippen LogP contribution in [0.3, 0.4) is 0 Å². The lowest BCUT2D eigenvalue weighted by molar-refractivity contribution is 0.190. The van der Waals surface area contributed by atoms with Crippen LogP contribution in [0, 0.1) is 19.7 Å². The first-order valence-electron chi connectivity index (χ1n) is 12.3. The molecule has 1 N–H and O–H groups in total. The molecule has 3 heterocycles. The van der Waals surface area contributed by atoms with E-state index in [4.69, 9.17) is 0 Å². The number of tetrazole rings is 1. The van der Waals surface area contributed by atoms with Crippen molar-refractivity contribution in [2.45, 2.75) is 46.2 Å². The third kappa shape index (κ3) is 4.51. The summed E-state index contributed by atoms with van der Waals surface area (Å²) in [6, 6.07) is 12.3. The van der Waals surface area contributed by atoms with Crippen molar-refractivity contribution in [3.8, 4) is 0 Å². The second-order valence-corrected chi connectivity index (χ2v) is 10.6. The molecule has 0 aliphatic carbocycles. The molecule has 0 amide bonds. The molecule has 4 aromatic rings. The minimum absolute atomic E-state index is 0.135. The Hall–Kier alpha value is -3.59. The Balaban J connectivity index is 1.57. The Bertz CT molecular complexity index is 1440. The van der Waals surface area contributed by atoms with E-state index >= 15 is 0 Å². The number of anilines is 1. The number of benzene rings is 2. The number of aromatic nitrogens is 5. The molecule has 1 atom stereocenters. The van der Waals surface area contributed by atoms with E-state index < -0.39 is 6.04 Å². The first kappa shape index (κ1) is 24.1. The number of pyridine rings is 1. The Labute approximate surface area is 209 Å². The van der Waals surface area contributed by atoms with Gasteiger partial charge in [-0.15, -0.1) is 5.10 Å². The topological polar surface area (TPSA) is 82.9 Å². The number of hydrogen-bond donors (Lipinski definition) is 1. The molecule has 1 fully saturated rings. The Morgan fingerprint density at radius 2 is 1.69 bits per heavy atom. The molecule has 1 aliphatic heterocycles. The molecule has 9 heteroatoms. The van der Waals surface area contributed by atoms with Crippen molar-refractivity contribution in [3.05, 3.63) is 81.2 Å². The number of nitrogens with zero attached hydrogens (tertiary/aromatic N) is 6. The second-order valence-electron chi connectivity index (χ2n) is 10.6. The van der Waals surface area contributed by atoms with Crippen LogP contribution in [-0.4, -0.2) is 56.3 Å². The van der Waals surface area contributed by atoms with E-state index in [0.29, 0.717) is 24.5 Å². The maximum atomic E-state index is 13.5. The number of nitrogens with one attached hydrogen (secondary N) is 1. The van der Waals surface area contributed by atoms with Crippen molar-refractivity contribution in [3.63, 3.8) is 0 Å². The zero-order valence-corrected chi connectivity index (χ0v) is 21.4. The summed E-state index contributed by atoms with van der Waals surface area (Å²) in [5, 5.41) is 13.7. The molecule has 1 saturated heterocycles. The molecule has 0 saturated carbocycles. The van der Waals surface area contributed by atoms with Gasteiger partial charge < -0.3 is 9.88 Å². The zero-order chi connectivity index (χ0) is 25.6. The van der Waals surface area contributed by atoms with Gasteiger partial charge in [0.15, 0.2) is 5.82 Å². The highest BCUT2D eigenvalue weighted by atomic mass is 19.1. The summed E-state index contributed by atoms with van der Waals surface area (Å²) in [4.78, 5) is 21.2. The van der Waals surface area contributed by atoms with Crippen LogP contribution in [0.1, 0.15) is 49.3 Å². The summed E-state index contributed by atoms with van der Waals surface area (Å²) in [5.41, 5.74) is 4.15. The molecule has 0 unspecified atom stereocenters. The number of H-pyrrole nitrogens is 1. The molecule has 2 aromatic heterocycles. The van der Waals surface area contributed by atoms with Gasteiger partial charge in [0.1, 0.15) is 11.9 Å². The van der Waals surface area contributed by atoms with Gasteiger partial charge in [-0.2, -0.15) is 0 Å². The lowest BCUT2D eigenvalue weighted by Gasteiger charge is -2.40. The van der Waals surface area contributed by atoms with E-state index in [9.17, 15) is 9.18 Å². The quantitative estimate of drug-likeness (QED) is 0.468. The van der Waals surface area contributed by atoms with Gasteiger partial charge in [0.25, 0.3) is 5.56 Å². The molecule has 36 heavy (non-hydrogen) atoms. The van der Waals surface area contributed by atoms with E-state index in [0.717, 1.165) is 40.8 Å². The van der Waals surface area contributed by atoms with E-state index in [2.05, 4.69) is 49.4 Å². The number of hydrogen-bond acceptors (Lipinski definition) is 6. The summed E-state index contributed by atoms with van der Waals surface area (Å²) < 4.78 is 15.2. The summed E-state index contributed by atoms with van der Waals surface area (Å²) in [6.45, 7) is 13.1. The maximum Gasteiger partial charge on any atom is 0.253 e. The second kappa shape index (κ2) is 9.13. The summed E-state index contributed by atoms with van der Waals surface area (Å²) in [5.74, 6) is 0.402. The van der Waals surface area contributed by atoms with Gasteiger partial charge >= 0.3 is 0 Å². The molecule has 0 radical (unpaired) electrons. The predicted octanol–water partition coefficient (Wildman–Crippen LogP) is 3.94. The van der Waals surface area contributed by atoms with Crippen molar-refractivity contribution < 1.29 is 4.39 Å². The van der Waals surface area contributed by atoms with Crippen LogP contribution in [-0.2, 0) is 5.54 Å². The van der Waals surface area contributed by atoms with E-state index in [1.165, 1.54) is 12.1 Å². The van der Waals surface area contributed by atoms with Crippen LogP contribution in [0.2, 0.25) is 0 Å². The minimum Gasteiger partial charge on any atom is -0.369 e. The Morgan fingerprint density at radius 3 is 2.36 bits per heavy atom. The summed E-state index contributed by atoms with van der Waals surface area (Å²) >= 11 is 0. The highest BCUT2D eigenvalue weighted by Gasteiger charge is 2.35. The predicted molar refractivity (Wildman–Crippen MR) is 139 cm³/mol. The lowest BCUT2D eigenvalue weighted by Crippen LogP contribution is -2.49. The number of rotatable bonds is 4. The summed E-state index contributed by atoms with van der Waals surface area (Å²) in [6.07, 6.45) is 0. The smallest absolute Gasteiger partial charge is 0.253 e. The first-order valence-corrected chi connectivity index (χ1v) is 12.3. The molecule has 0 bridgehead atoms. The fourth-order valence-corrected chi connectivity index (χ4v) is 5.14. The number of fused-ring (bicyclic) bond motifs is 1. The molecule has 5 rings (SSSR count). The van der Waals surface area contributed by atoms with E-state index in [-0.39, 0.29) is 16.9 Å². The fraction of sp³-hybridized carbons (Fsp3) is 0.407. The summed E-state index contributed by atoms with van der Waals surface area (Å²) in [7, 11) is 0. The number of aromatic amines is 1. The van der Waals surface area contributed by atoms with E-state index in [1.54, 1.807) is 12.1 Å². The van der Waals surface area contributed by atoms with Gasteiger partial charge in [-0.25, -0.2) is 9.07 Å². The van der Waals surface area contributed by atoms with Crippen LogP contribution >= 0.6 is 0 Å². The van der Waals surface area contributed by atoms with Crippen molar-refractivity contribution in [1.29, 1.82) is 0 Å². The zero-order valence-electron chi connectivity index (χ0n) is 21.4. The normalized spacial score (nSPS) is 16.0. The number of halogens is 1. The third-order valence-corrected chi connectivity index (χ3v) is 6.86. The van der Waals surface area contributed by atoms with Crippen molar-refractivity contribution >= 4 is 16.6 Å². The highest BCUT2D eigenvalue weighted by molar-refractivity contribution is 5.83. The van der Waals surface area contributed by atoms with Crippen LogP contribution in [0.25, 0.3) is 10.9 Å². The average molecular weight is 490 g/mol.